The first-order chi connectivity index (χ1) is 13.5. The maximum absolute atomic E-state index is 11.7. The fourth-order valence-corrected chi connectivity index (χ4v) is 3.27. The lowest BCUT2D eigenvalue weighted by molar-refractivity contribution is -0.113. The van der Waals surface area contributed by atoms with Gasteiger partial charge in [-0.2, -0.15) is 0 Å². The van der Waals surface area contributed by atoms with E-state index in [1.807, 2.05) is 43.3 Å². The number of allylic oxidation sites excluding steroid dienone is 3. The minimum absolute atomic E-state index is 0.0607. The maximum Gasteiger partial charge on any atom is 0.162 e. The van der Waals surface area contributed by atoms with Gasteiger partial charge in [-0.05, 0) is 65.1 Å². The highest BCUT2D eigenvalue weighted by atomic mass is 16.3. The van der Waals surface area contributed by atoms with Gasteiger partial charge in [-0.1, -0.05) is 42.5 Å². The van der Waals surface area contributed by atoms with Crippen LogP contribution in [0.2, 0.25) is 0 Å². The molecule has 0 heterocycles. The van der Waals surface area contributed by atoms with E-state index in [9.17, 15) is 19.8 Å². The summed E-state index contributed by atoms with van der Waals surface area (Å²) in [5.41, 5.74) is 3.88. The summed E-state index contributed by atoms with van der Waals surface area (Å²) in [6, 6.07) is 16.7. The number of aliphatic hydroxyl groups excluding tert-OH is 1. The van der Waals surface area contributed by atoms with E-state index < -0.39 is 0 Å². The van der Waals surface area contributed by atoms with Gasteiger partial charge in [0.05, 0.1) is 17.4 Å². The van der Waals surface area contributed by atoms with Crippen molar-refractivity contribution in [2.45, 2.75) is 13.8 Å². The third-order valence-electron chi connectivity index (χ3n) is 4.71. The van der Waals surface area contributed by atoms with E-state index in [1.54, 1.807) is 18.2 Å². The monoisotopic (exact) mass is 372 g/mol. The number of phenolic OH excluding ortho intramolecular Hbond substituents is 1. The molecule has 0 aliphatic carbocycles. The molecule has 0 fully saturated rings. The molecule has 0 unspecified atom stereocenters. The second-order valence-corrected chi connectivity index (χ2v) is 6.57. The lowest BCUT2D eigenvalue weighted by Gasteiger charge is -2.13. The van der Waals surface area contributed by atoms with Crippen molar-refractivity contribution in [1.82, 2.24) is 0 Å². The largest absolute Gasteiger partial charge is 0.515 e. The predicted molar refractivity (Wildman–Crippen MR) is 111 cm³/mol. The Labute approximate surface area is 163 Å². The van der Waals surface area contributed by atoms with Gasteiger partial charge >= 0.3 is 0 Å². The molecule has 140 valence electrons. The Morgan fingerprint density at radius 1 is 1.00 bits per heavy atom. The Kier molecular flexibility index (Phi) is 5.41. The zero-order valence-corrected chi connectivity index (χ0v) is 15.6. The molecule has 0 aliphatic heterocycles. The van der Waals surface area contributed by atoms with E-state index in [1.165, 1.54) is 13.0 Å². The number of carbonyl (C=O) groups is 2. The number of fused-ring (bicyclic) bond motifs is 1. The van der Waals surface area contributed by atoms with Gasteiger partial charge in [0.2, 0.25) is 0 Å². The number of phenols is 1. The van der Waals surface area contributed by atoms with Crippen molar-refractivity contribution in [2.75, 3.05) is 0 Å². The first kappa shape index (κ1) is 19.1. The maximum atomic E-state index is 11.7. The molecule has 4 nitrogen and oxygen atoms in total. The van der Waals surface area contributed by atoms with Crippen LogP contribution in [-0.4, -0.2) is 22.3 Å². The van der Waals surface area contributed by atoms with Gasteiger partial charge in [0, 0.05) is 0 Å². The van der Waals surface area contributed by atoms with Crippen molar-refractivity contribution in [3.63, 3.8) is 0 Å². The first-order valence-corrected chi connectivity index (χ1v) is 8.80. The highest BCUT2D eigenvalue weighted by Gasteiger charge is 2.12. The second kappa shape index (κ2) is 7.92. The van der Waals surface area contributed by atoms with Gasteiger partial charge in [0.15, 0.2) is 12.1 Å². The minimum atomic E-state index is -0.225. The Balaban J connectivity index is 2.29. The smallest absolute Gasteiger partial charge is 0.162 e. The normalized spacial score (nSPS) is 12.2. The molecule has 0 bridgehead atoms. The molecule has 0 radical (unpaired) electrons. The number of carbonyl (C=O) groups excluding carboxylic acids is 2. The van der Waals surface area contributed by atoms with Gasteiger partial charge < -0.3 is 10.2 Å². The molecule has 0 aromatic heterocycles. The van der Waals surface area contributed by atoms with Crippen LogP contribution in [0.5, 0.6) is 5.75 Å². The first-order valence-electron chi connectivity index (χ1n) is 8.80. The highest BCUT2D eigenvalue weighted by molar-refractivity contribution is 6.05. The molecule has 0 saturated heterocycles. The van der Waals surface area contributed by atoms with Crippen LogP contribution in [0.25, 0.3) is 27.5 Å². The highest BCUT2D eigenvalue weighted by Crippen LogP contribution is 2.36. The van der Waals surface area contributed by atoms with Crippen molar-refractivity contribution in [3.05, 3.63) is 83.6 Å². The minimum Gasteiger partial charge on any atom is -0.515 e. The molecule has 4 heteroatoms. The number of benzene rings is 3. The standard InChI is InChI=1S/C24H20O4/c1-15(11-19(13-25)16(2)27)21-7-3-5-17-6-4-8-22(24(17)21)18-9-10-23(28)20(12-18)14-26/h3-14,25,28H,1-2H3/b15-11+,19-13?. The Morgan fingerprint density at radius 2 is 1.71 bits per heavy atom. The molecule has 3 rings (SSSR count). The number of rotatable bonds is 5. The number of hydrogen-bond donors (Lipinski definition) is 2. The summed E-state index contributed by atoms with van der Waals surface area (Å²) in [7, 11) is 0. The van der Waals surface area contributed by atoms with Gasteiger partial charge in [0.1, 0.15) is 5.75 Å². The fourth-order valence-electron chi connectivity index (χ4n) is 3.27. The number of ketones is 1. The number of Topliss-reactive ketones (excluding diaryl/α,β-unsaturated/α-hetero) is 1. The third kappa shape index (κ3) is 3.58. The number of hydrogen-bond acceptors (Lipinski definition) is 4. The van der Waals surface area contributed by atoms with Crippen LogP contribution in [0.3, 0.4) is 0 Å². The van der Waals surface area contributed by atoms with Gasteiger partial charge in [-0.15, -0.1) is 0 Å². The predicted octanol–water partition coefficient (Wildman–Crippen LogP) is 5.46. The second-order valence-electron chi connectivity index (χ2n) is 6.57. The summed E-state index contributed by atoms with van der Waals surface area (Å²) < 4.78 is 0. The van der Waals surface area contributed by atoms with Crippen molar-refractivity contribution in [2.24, 2.45) is 0 Å². The van der Waals surface area contributed by atoms with Gasteiger partial charge in [-0.3, -0.25) is 9.59 Å². The average molecular weight is 372 g/mol. The molecule has 2 N–H and O–H groups in total. The fraction of sp³-hybridized carbons (Fsp3) is 0.0833. The van der Waals surface area contributed by atoms with Crippen molar-refractivity contribution < 1.29 is 19.8 Å². The van der Waals surface area contributed by atoms with Crippen LogP contribution in [0.1, 0.15) is 29.8 Å². The number of aldehydes is 1. The molecular weight excluding hydrogens is 352 g/mol. The molecule has 0 amide bonds. The lowest BCUT2D eigenvalue weighted by atomic mass is 9.90. The summed E-state index contributed by atoms with van der Waals surface area (Å²) in [4.78, 5) is 22.9. The van der Waals surface area contributed by atoms with E-state index >= 15 is 0 Å². The third-order valence-corrected chi connectivity index (χ3v) is 4.71. The van der Waals surface area contributed by atoms with Crippen LogP contribution in [0, 0.1) is 0 Å². The molecule has 0 atom stereocenters. The molecule has 0 aliphatic rings. The molecule has 0 spiro atoms. The van der Waals surface area contributed by atoms with Crippen molar-refractivity contribution in [3.8, 4) is 16.9 Å². The van der Waals surface area contributed by atoms with Crippen LogP contribution in [0.4, 0.5) is 0 Å². The van der Waals surface area contributed by atoms with E-state index in [4.69, 9.17) is 0 Å². The SMILES string of the molecule is CC(=O)C(=CO)/C=C(\C)c1cccc2cccc(-c3ccc(O)c(C=O)c3)c12. The van der Waals surface area contributed by atoms with Crippen LogP contribution in [-0.2, 0) is 4.79 Å². The van der Waals surface area contributed by atoms with Crippen molar-refractivity contribution in [1.29, 1.82) is 0 Å². The molecular formula is C24H20O4. The molecule has 3 aromatic carbocycles. The molecule has 3 aromatic rings. The average Bonchev–Trinajstić information content (AvgIpc) is 2.71. The molecule has 0 saturated carbocycles. The molecule has 28 heavy (non-hydrogen) atoms. The number of aromatic hydroxyl groups is 1. The van der Waals surface area contributed by atoms with E-state index in [-0.39, 0.29) is 22.7 Å². The van der Waals surface area contributed by atoms with Gasteiger partial charge in [0.25, 0.3) is 0 Å². The van der Waals surface area contributed by atoms with Gasteiger partial charge in [-0.25, -0.2) is 0 Å². The Morgan fingerprint density at radius 3 is 2.36 bits per heavy atom. The summed E-state index contributed by atoms with van der Waals surface area (Å²) >= 11 is 0. The Hall–Kier alpha value is -3.66. The summed E-state index contributed by atoms with van der Waals surface area (Å²) in [6.07, 6.45) is 3.09. The quantitative estimate of drug-likeness (QED) is 0.270. The van der Waals surface area contributed by atoms with Crippen LogP contribution in [0.15, 0.2) is 72.5 Å². The number of aliphatic hydroxyl groups is 1. The topological polar surface area (TPSA) is 74.6 Å². The van der Waals surface area contributed by atoms with Crippen molar-refractivity contribution >= 4 is 28.4 Å². The summed E-state index contributed by atoms with van der Waals surface area (Å²) in [5, 5.41) is 21.1. The van der Waals surface area contributed by atoms with E-state index in [0.29, 0.717) is 6.29 Å². The Bertz CT molecular complexity index is 1130. The van der Waals surface area contributed by atoms with E-state index in [2.05, 4.69) is 0 Å². The summed E-state index contributed by atoms with van der Waals surface area (Å²) in [6.45, 7) is 3.28. The van der Waals surface area contributed by atoms with Crippen LogP contribution >= 0.6 is 0 Å². The lowest BCUT2D eigenvalue weighted by Crippen LogP contribution is -1.95. The van der Waals surface area contributed by atoms with E-state index in [0.717, 1.165) is 39.3 Å². The van der Waals surface area contributed by atoms with Crippen LogP contribution < -0.4 is 0 Å². The zero-order chi connectivity index (χ0) is 20.3. The summed E-state index contributed by atoms with van der Waals surface area (Å²) in [5.74, 6) is -0.286. The zero-order valence-electron chi connectivity index (χ0n) is 15.6.